The molecule has 0 saturated heterocycles. The molecule has 0 N–H and O–H groups in total. The molecule has 0 spiro atoms. The topological polar surface area (TPSA) is 55.1 Å². The van der Waals surface area contributed by atoms with E-state index >= 15 is 0 Å². The lowest BCUT2D eigenvalue weighted by Gasteiger charge is -2.27. The Morgan fingerprint density at radius 1 is 1.11 bits per heavy atom. The van der Waals surface area contributed by atoms with E-state index < -0.39 is 0 Å². The standard InChI is InChI=1S/C21H17ClN4OS/c22-16-5-3-14(4-6-16)21-24-11-17(28-21)13-26-8-7-18-15(12-26)10-23-20(25-18)19-2-1-9-27-19/h1-6,9-11H,7-8,12-13H2. The van der Waals surface area contributed by atoms with Crippen molar-refractivity contribution in [2.45, 2.75) is 19.5 Å². The summed E-state index contributed by atoms with van der Waals surface area (Å²) in [5.41, 5.74) is 3.40. The monoisotopic (exact) mass is 408 g/mol. The van der Waals surface area contributed by atoms with E-state index in [1.54, 1.807) is 17.6 Å². The maximum Gasteiger partial charge on any atom is 0.195 e. The second-order valence-corrected chi connectivity index (χ2v) is 8.29. The molecule has 3 aromatic heterocycles. The molecule has 0 radical (unpaired) electrons. The van der Waals surface area contributed by atoms with Crippen LogP contribution in [0.1, 0.15) is 16.1 Å². The molecule has 1 aliphatic heterocycles. The maximum atomic E-state index is 5.97. The first kappa shape index (κ1) is 17.6. The lowest BCUT2D eigenvalue weighted by molar-refractivity contribution is 0.245. The van der Waals surface area contributed by atoms with Gasteiger partial charge in [0.15, 0.2) is 11.6 Å². The van der Waals surface area contributed by atoms with Gasteiger partial charge in [0.2, 0.25) is 0 Å². The predicted octanol–water partition coefficient (Wildman–Crippen LogP) is 5.07. The molecule has 0 fully saturated rings. The molecular formula is C21H17ClN4OS. The third-order valence-corrected chi connectivity index (χ3v) is 6.06. The van der Waals surface area contributed by atoms with Gasteiger partial charge in [-0.15, -0.1) is 11.3 Å². The summed E-state index contributed by atoms with van der Waals surface area (Å²) in [4.78, 5) is 17.4. The van der Waals surface area contributed by atoms with E-state index in [1.165, 1.54) is 10.4 Å². The van der Waals surface area contributed by atoms with Crippen molar-refractivity contribution >= 4 is 22.9 Å². The third kappa shape index (κ3) is 3.58. The van der Waals surface area contributed by atoms with E-state index in [0.717, 1.165) is 47.3 Å². The number of aromatic nitrogens is 3. The Kier molecular flexibility index (Phi) is 4.68. The average Bonchev–Trinajstić information content (AvgIpc) is 3.41. The molecule has 0 unspecified atom stereocenters. The maximum absolute atomic E-state index is 5.97. The minimum atomic E-state index is 0.660. The molecule has 7 heteroatoms. The lowest BCUT2D eigenvalue weighted by Crippen LogP contribution is -2.30. The first-order chi connectivity index (χ1) is 13.7. The summed E-state index contributed by atoms with van der Waals surface area (Å²) in [5, 5.41) is 1.76. The van der Waals surface area contributed by atoms with E-state index in [2.05, 4.69) is 14.9 Å². The molecule has 1 aliphatic rings. The lowest BCUT2D eigenvalue weighted by atomic mass is 10.1. The summed E-state index contributed by atoms with van der Waals surface area (Å²) >= 11 is 7.70. The molecule has 1 aromatic carbocycles. The number of benzene rings is 1. The zero-order chi connectivity index (χ0) is 18.9. The summed E-state index contributed by atoms with van der Waals surface area (Å²) in [5.74, 6) is 1.37. The fourth-order valence-corrected chi connectivity index (χ4v) is 4.45. The van der Waals surface area contributed by atoms with Gasteiger partial charge in [0.05, 0.1) is 12.0 Å². The highest BCUT2D eigenvalue weighted by Gasteiger charge is 2.20. The highest BCUT2D eigenvalue weighted by Crippen LogP contribution is 2.28. The van der Waals surface area contributed by atoms with Crippen LogP contribution in [-0.4, -0.2) is 26.4 Å². The van der Waals surface area contributed by atoms with Gasteiger partial charge < -0.3 is 4.42 Å². The number of fused-ring (bicyclic) bond motifs is 1. The molecule has 0 bridgehead atoms. The number of hydrogen-bond donors (Lipinski definition) is 0. The van der Waals surface area contributed by atoms with Crippen LogP contribution in [0.4, 0.5) is 0 Å². The van der Waals surface area contributed by atoms with Gasteiger partial charge >= 0.3 is 0 Å². The first-order valence-corrected chi connectivity index (χ1v) is 10.3. The van der Waals surface area contributed by atoms with Crippen LogP contribution >= 0.6 is 22.9 Å². The molecule has 0 aliphatic carbocycles. The first-order valence-electron chi connectivity index (χ1n) is 9.06. The van der Waals surface area contributed by atoms with E-state index in [-0.39, 0.29) is 0 Å². The molecule has 0 atom stereocenters. The molecule has 4 heterocycles. The number of hydrogen-bond acceptors (Lipinski definition) is 6. The van der Waals surface area contributed by atoms with Crippen LogP contribution < -0.4 is 0 Å². The van der Waals surface area contributed by atoms with Crippen molar-refractivity contribution in [3.63, 3.8) is 0 Å². The summed E-state index contributed by atoms with van der Waals surface area (Å²) < 4.78 is 5.41. The number of nitrogens with zero attached hydrogens (tertiary/aromatic N) is 4. The summed E-state index contributed by atoms with van der Waals surface area (Å²) in [6, 6.07) is 11.6. The third-order valence-electron chi connectivity index (χ3n) is 4.78. The zero-order valence-corrected chi connectivity index (χ0v) is 16.6. The molecule has 140 valence electrons. The Balaban J connectivity index is 1.29. The van der Waals surface area contributed by atoms with Crippen LogP contribution in [-0.2, 0) is 19.5 Å². The molecule has 5 rings (SSSR count). The van der Waals surface area contributed by atoms with E-state index in [4.69, 9.17) is 21.0 Å². The Labute approximate surface area is 171 Å². The van der Waals surface area contributed by atoms with Crippen molar-refractivity contribution in [1.29, 1.82) is 0 Å². The Bertz CT molecular complexity index is 1090. The molecule has 0 saturated carbocycles. The fraction of sp³-hybridized carbons (Fsp3) is 0.190. The highest BCUT2D eigenvalue weighted by molar-refractivity contribution is 7.15. The SMILES string of the molecule is Clc1ccc(-c2ncc(CN3CCc4nc(-c5ccco5)ncc4C3)s2)cc1. The fourth-order valence-electron chi connectivity index (χ4n) is 3.36. The molecule has 5 nitrogen and oxygen atoms in total. The van der Waals surface area contributed by atoms with Crippen LogP contribution in [0.5, 0.6) is 0 Å². The largest absolute Gasteiger partial charge is 0.461 e. The summed E-state index contributed by atoms with van der Waals surface area (Å²) in [7, 11) is 0. The van der Waals surface area contributed by atoms with Gasteiger partial charge in [-0.1, -0.05) is 23.7 Å². The number of thiazole rings is 1. The summed E-state index contributed by atoms with van der Waals surface area (Å²) in [6.45, 7) is 2.70. The van der Waals surface area contributed by atoms with E-state index in [9.17, 15) is 0 Å². The van der Waals surface area contributed by atoms with Crippen LogP contribution in [0.15, 0.2) is 59.5 Å². The van der Waals surface area contributed by atoms with Gasteiger partial charge in [-0.25, -0.2) is 15.0 Å². The van der Waals surface area contributed by atoms with Crippen LogP contribution in [0.25, 0.3) is 22.2 Å². The number of furan rings is 1. The smallest absolute Gasteiger partial charge is 0.195 e. The second kappa shape index (κ2) is 7.47. The minimum Gasteiger partial charge on any atom is -0.461 e. The van der Waals surface area contributed by atoms with Gasteiger partial charge in [0.1, 0.15) is 5.01 Å². The van der Waals surface area contributed by atoms with Gasteiger partial charge in [0, 0.05) is 59.5 Å². The van der Waals surface area contributed by atoms with Gasteiger partial charge in [-0.3, -0.25) is 4.90 Å². The molecule has 4 aromatic rings. The molecule has 28 heavy (non-hydrogen) atoms. The Morgan fingerprint density at radius 3 is 2.82 bits per heavy atom. The molecular weight excluding hydrogens is 392 g/mol. The van der Waals surface area contributed by atoms with Gasteiger partial charge in [0.25, 0.3) is 0 Å². The Morgan fingerprint density at radius 2 is 2.00 bits per heavy atom. The molecule has 0 amide bonds. The Hall–Kier alpha value is -2.54. The quantitative estimate of drug-likeness (QED) is 0.471. The van der Waals surface area contributed by atoms with Crippen LogP contribution in [0.2, 0.25) is 5.02 Å². The van der Waals surface area contributed by atoms with E-state index in [0.29, 0.717) is 11.6 Å². The van der Waals surface area contributed by atoms with Crippen LogP contribution in [0, 0.1) is 0 Å². The predicted molar refractivity (Wildman–Crippen MR) is 110 cm³/mol. The van der Waals surface area contributed by atoms with Crippen molar-refractivity contribution in [2.75, 3.05) is 6.54 Å². The van der Waals surface area contributed by atoms with E-state index in [1.807, 2.05) is 48.8 Å². The number of rotatable bonds is 4. The van der Waals surface area contributed by atoms with Crippen molar-refractivity contribution < 1.29 is 4.42 Å². The van der Waals surface area contributed by atoms with Gasteiger partial charge in [-0.2, -0.15) is 0 Å². The van der Waals surface area contributed by atoms with Crippen molar-refractivity contribution in [3.05, 3.63) is 76.2 Å². The average molecular weight is 409 g/mol. The normalized spacial score (nSPS) is 14.2. The zero-order valence-electron chi connectivity index (χ0n) is 15.0. The minimum absolute atomic E-state index is 0.660. The summed E-state index contributed by atoms with van der Waals surface area (Å²) in [6.07, 6.45) is 6.46. The van der Waals surface area contributed by atoms with Crippen molar-refractivity contribution in [3.8, 4) is 22.2 Å². The highest BCUT2D eigenvalue weighted by atomic mass is 35.5. The van der Waals surface area contributed by atoms with Gasteiger partial charge in [-0.05, 0) is 24.3 Å². The second-order valence-electron chi connectivity index (χ2n) is 6.74. The van der Waals surface area contributed by atoms with Crippen molar-refractivity contribution in [1.82, 2.24) is 19.9 Å². The van der Waals surface area contributed by atoms with Crippen molar-refractivity contribution in [2.24, 2.45) is 0 Å². The number of halogens is 1. The van der Waals surface area contributed by atoms with Crippen LogP contribution in [0.3, 0.4) is 0 Å².